The first-order chi connectivity index (χ1) is 21.9. The third kappa shape index (κ3) is 5.17. The summed E-state index contributed by atoms with van der Waals surface area (Å²) in [6.45, 7) is 3.31. The molecule has 0 spiro atoms. The zero-order chi connectivity index (χ0) is 32.9. The summed E-state index contributed by atoms with van der Waals surface area (Å²) >= 11 is 0. The first-order valence-corrected chi connectivity index (χ1v) is 16.4. The fourth-order valence-corrected chi connectivity index (χ4v) is 7.59. The van der Waals surface area contributed by atoms with Gasteiger partial charge in [-0.15, -0.1) is 6.42 Å². The van der Waals surface area contributed by atoms with Gasteiger partial charge in [0.25, 0.3) is 5.85 Å². The van der Waals surface area contributed by atoms with Gasteiger partial charge in [-0.3, -0.25) is 13.9 Å². The zero-order valence-electron chi connectivity index (χ0n) is 25.0. The third-order valence-electron chi connectivity index (χ3n) is 8.29. The number of carbonyl (C=O) groups excluding carboxylic acids is 1. The highest BCUT2D eigenvalue weighted by atomic mass is 31.2. The summed E-state index contributed by atoms with van der Waals surface area (Å²) in [5.41, 5.74) is 0.0790. The van der Waals surface area contributed by atoms with Crippen LogP contribution < -0.4 is 20.1 Å². The Balaban J connectivity index is 1.28. The number of imidazole rings is 1. The Hall–Kier alpha value is -3.84. The first kappa shape index (κ1) is 32.1. The van der Waals surface area contributed by atoms with Crippen LogP contribution in [-0.4, -0.2) is 77.6 Å². The van der Waals surface area contributed by atoms with E-state index < -0.39 is 49.1 Å². The Labute approximate surface area is 263 Å². The van der Waals surface area contributed by atoms with Crippen LogP contribution in [0.15, 0.2) is 36.7 Å². The molecule has 3 fully saturated rings. The molecular weight excluding hydrogens is 626 g/mol. The second-order valence-corrected chi connectivity index (χ2v) is 13.0. The largest absolute Gasteiger partial charge is 0.476 e. The molecule has 3 aliphatic rings. The minimum absolute atomic E-state index is 0.0206. The van der Waals surface area contributed by atoms with Crippen molar-refractivity contribution in [3.05, 3.63) is 36.7 Å². The number of halogens is 1. The molecule has 7 atom stereocenters. The molecule has 0 amide bonds. The van der Waals surface area contributed by atoms with E-state index in [4.69, 9.17) is 35.4 Å². The predicted octanol–water partition coefficient (Wildman–Crippen LogP) is 2.54. The Morgan fingerprint density at radius 2 is 2.00 bits per heavy atom. The SMILES string of the molecule is C#C[C@]1(O)[C@H](n2cnc3c(OCC)nc(N)nc32)O[C@]2(F)C(OP(=O)(NC(C)C(=O)OC3CCCCC3)Oc3ccccc3)[C@@]21O. The molecule has 15 nitrogen and oxygen atoms in total. The Bertz CT molecular complexity index is 1720. The van der Waals surface area contributed by atoms with Gasteiger partial charge in [0, 0.05) is 0 Å². The number of hydrogen-bond donors (Lipinski definition) is 4. The summed E-state index contributed by atoms with van der Waals surface area (Å²) < 4.78 is 59.6. The van der Waals surface area contributed by atoms with Crippen molar-refractivity contribution >= 4 is 30.8 Å². The van der Waals surface area contributed by atoms with E-state index in [0.29, 0.717) is 12.8 Å². The number of alkyl halides is 1. The van der Waals surface area contributed by atoms with Crippen molar-refractivity contribution in [1.29, 1.82) is 0 Å². The number of rotatable bonds is 11. The van der Waals surface area contributed by atoms with E-state index in [9.17, 15) is 19.6 Å². The number of ether oxygens (including phenoxy) is 3. The normalized spacial score (nSPS) is 31.0. The number of aromatic nitrogens is 4. The highest BCUT2D eigenvalue weighted by molar-refractivity contribution is 7.52. The molecule has 2 aliphatic carbocycles. The van der Waals surface area contributed by atoms with Crippen molar-refractivity contribution in [1.82, 2.24) is 24.6 Å². The summed E-state index contributed by atoms with van der Waals surface area (Å²) in [6, 6.07) is 6.51. The fraction of sp³-hybridized carbons (Fsp3) is 0.517. The number of nitrogens with one attached hydrogen (secondary N) is 1. The molecule has 0 radical (unpaired) electrons. The number of esters is 1. The van der Waals surface area contributed by atoms with E-state index in [0.717, 1.165) is 30.2 Å². The van der Waals surface area contributed by atoms with Crippen molar-refractivity contribution in [2.75, 3.05) is 12.3 Å². The van der Waals surface area contributed by atoms with Crippen molar-refractivity contribution in [3.63, 3.8) is 0 Å². The van der Waals surface area contributed by atoms with Crippen LogP contribution in [0.1, 0.15) is 52.2 Å². The van der Waals surface area contributed by atoms with Gasteiger partial charge in [0.1, 0.15) is 17.9 Å². The summed E-state index contributed by atoms with van der Waals surface area (Å²) in [5.74, 6) is -2.09. The second kappa shape index (κ2) is 11.8. The molecule has 3 heterocycles. The van der Waals surface area contributed by atoms with E-state index in [1.54, 1.807) is 25.1 Å². The number of fused-ring (bicyclic) bond motifs is 2. The van der Waals surface area contributed by atoms with Crippen LogP contribution in [0, 0.1) is 12.3 Å². The summed E-state index contributed by atoms with van der Waals surface area (Å²) in [4.78, 5) is 25.2. The molecule has 1 aliphatic heterocycles. The number of nitrogens with zero attached hydrogens (tertiary/aromatic N) is 4. The maximum atomic E-state index is 16.5. The number of para-hydroxylation sites is 1. The molecule has 0 bridgehead atoms. The molecule has 46 heavy (non-hydrogen) atoms. The Morgan fingerprint density at radius 3 is 2.67 bits per heavy atom. The van der Waals surface area contributed by atoms with Gasteiger partial charge in [-0.25, -0.2) is 13.9 Å². The average molecular weight is 661 g/mol. The monoisotopic (exact) mass is 660 g/mol. The van der Waals surface area contributed by atoms with Crippen LogP contribution >= 0.6 is 7.75 Å². The van der Waals surface area contributed by atoms with Crippen LogP contribution in [0.4, 0.5) is 10.3 Å². The fourth-order valence-electron chi connectivity index (χ4n) is 5.89. The molecule has 2 saturated carbocycles. The second-order valence-electron chi connectivity index (χ2n) is 11.4. The average Bonchev–Trinajstić information content (AvgIpc) is 3.27. The number of hydrogen-bond acceptors (Lipinski definition) is 13. The maximum Gasteiger partial charge on any atom is 0.460 e. The number of carbonyl (C=O) groups is 1. The van der Waals surface area contributed by atoms with Crippen molar-refractivity contribution in [2.24, 2.45) is 0 Å². The van der Waals surface area contributed by atoms with Gasteiger partial charge in [0.15, 0.2) is 23.5 Å². The zero-order valence-corrected chi connectivity index (χ0v) is 25.9. The summed E-state index contributed by atoms with van der Waals surface area (Å²) in [7, 11) is -4.73. The minimum Gasteiger partial charge on any atom is -0.476 e. The van der Waals surface area contributed by atoms with Gasteiger partial charge in [-0.05, 0) is 51.7 Å². The molecule has 17 heteroatoms. The maximum absolute atomic E-state index is 16.5. The topological polar surface area (TPSA) is 202 Å². The van der Waals surface area contributed by atoms with E-state index in [1.165, 1.54) is 19.1 Å². The van der Waals surface area contributed by atoms with E-state index in [-0.39, 0.29) is 41.5 Å². The Kier molecular flexibility index (Phi) is 8.20. The van der Waals surface area contributed by atoms with Crippen molar-refractivity contribution in [3.8, 4) is 24.0 Å². The van der Waals surface area contributed by atoms with E-state index in [1.807, 2.05) is 5.92 Å². The van der Waals surface area contributed by atoms with E-state index >= 15 is 4.39 Å². The number of aliphatic hydroxyl groups is 2. The van der Waals surface area contributed by atoms with Crippen LogP contribution in [0.25, 0.3) is 11.2 Å². The first-order valence-electron chi connectivity index (χ1n) is 14.8. The number of benzene rings is 1. The third-order valence-corrected chi connectivity index (χ3v) is 9.93. The lowest BCUT2D eigenvalue weighted by atomic mass is 9.93. The number of nitrogen functional groups attached to an aromatic ring is 1. The molecule has 1 aromatic carbocycles. The summed E-state index contributed by atoms with van der Waals surface area (Å²) in [6.07, 6.45) is 6.85. The van der Waals surface area contributed by atoms with Crippen molar-refractivity contribution in [2.45, 2.75) is 87.5 Å². The lowest BCUT2D eigenvalue weighted by Gasteiger charge is -2.32. The Morgan fingerprint density at radius 1 is 1.28 bits per heavy atom. The molecule has 246 valence electrons. The minimum atomic E-state index is -4.73. The highest BCUT2D eigenvalue weighted by Crippen LogP contribution is 2.72. The van der Waals surface area contributed by atoms with Gasteiger partial charge in [0.05, 0.1) is 12.9 Å². The standard InChI is InChI=1S/C29H34FN6O9P/c1-4-27(38)25(36-16-32-20-21(36)33-26(31)34-22(20)41-5-2)43-29(30)24(28(27,29)39)45-46(40,44-19-14-10-7-11-15-19)35-17(3)23(37)42-18-12-8-6-9-13-18/h1,7,10-11,14-18,24-25,38-39H,5-6,8-9,12-13H2,2-3H3,(H,35,40)(H2,31,33,34)/t17?,24?,25-,27+,28+,29-,46?/m1/s1. The lowest BCUT2D eigenvalue weighted by molar-refractivity contribution is -0.165. The molecule has 1 saturated heterocycles. The van der Waals surface area contributed by atoms with Crippen LogP contribution in [0.2, 0.25) is 0 Å². The van der Waals surface area contributed by atoms with Crippen LogP contribution in [0.3, 0.4) is 0 Å². The predicted molar refractivity (Wildman–Crippen MR) is 159 cm³/mol. The summed E-state index contributed by atoms with van der Waals surface area (Å²) in [5, 5.41) is 25.7. The number of anilines is 1. The van der Waals surface area contributed by atoms with Gasteiger partial charge in [0.2, 0.25) is 23.0 Å². The van der Waals surface area contributed by atoms with Gasteiger partial charge >= 0.3 is 13.7 Å². The van der Waals surface area contributed by atoms with Gasteiger partial charge < -0.3 is 34.7 Å². The number of terminal acetylenes is 1. The van der Waals surface area contributed by atoms with Crippen LogP contribution in [0.5, 0.6) is 11.6 Å². The van der Waals surface area contributed by atoms with Crippen molar-refractivity contribution < 1.29 is 47.2 Å². The molecule has 6 rings (SSSR count). The molecule has 3 unspecified atom stereocenters. The smallest absolute Gasteiger partial charge is 0.460 e. The van der Waals surface area contributed by atoms with Gasteiger partial charge in [-0.1, -0.05) is 30.5 Å². The quantitative estimate of drug-likeness (QED) is 0.133. The van der Waals surface area contributed by atoms with E-state index in [2.05, 4.69) is 20.0 Å². The highest BCUT2D eigenvalue weighted by Gasteiger charge is 2.97. The molecular formula is C29H34FN6O9P. The number of nitrogens with two attached hydrogens (primary N) is 1. The van der Waals surface area contributed by atoms with Gasteiger partial charge in [-0.2, -0.15) is 15.1 Å². The molecule has 2 aromatic heterocycles. The molecule has 3 aromatic rings. The van der Waals surface area contributed by atoms with Crippen LogP contribution in [-0.2, 0) is 23.4 Å². The lowest BCUT2D eigenvalue weighted by Crippen LogP contribution is -2.50. The molecule has 5 N–H and O–H groups in total.